The van der Waals surface area contributed by atoms with Gasteiger partial charge >= 0.3 is 0 Å². The van der Waals surface area contributed by atoms with Crippen LogP contribution in [-0.4, -0.2) is 18.1 Å². The van der Waals surface area contributed by atoms with Crippen LogP contribution in [0, 0.1) is 20.8 Å². The van der Waals surface area contributed by atoms with Gasteiger partial charge in [-0.15, -0.1) is 0 Å². The van der Waals surface area contributed by atoms with Gasteiger partial charge in [0.25, 0.3) is 5.91 Å². The summed E-state index contributed by atoms with van der Waals surface area (Å²) in [5.41, 5.74) is 4.37. The van der Waals surface area contributed by atoms with E-state index in [4.69, 9.17) is 9.47 Å². The Labute approximate surface area is 156 Å². The molecule has 2 aromatic rings. The third-order valence-electron chi connectivity index (χ3n) is 4.20. The molecule has 0 aromatic heterocycles. The maximum Gasteiger partial charge on any atom is 0.261 e. The predicted molar refractivity (Wildman–Crippen MR) is 105 cm³/mol. The highest BCUT2D eigenvalue weighted by Crippen LogP contribution is 2.24. The maximum absolute atomic E-state index is 12.4. The van der Waals surface area contributed by atoms with Gasteiger partial charge in [0.1, 0.15) is 11.5 Å². The van der Waals surface area contributed by atoms with E-state index in [1.807, 2.05) is 65.0 Å². The number of carbonyl (C=O) groups is 1. The fourth-order valence-corrected chi connectivity index (χ4v) is 2.66. The van der Waals surface area contributed by atoms with Gasteiger partial charge in [0.05, 0.1) is 6.10 Å². The van der Waals surface area contributed by atoms with Crippen LogP contribution in [0.15, 0.2) is 36.4 Å². The van der Waals surface area contributed by atoms with E-state index in [2.05, 4.69) is 11.4 Å². The highest BCUT2D eigenvalue weighted by molar-refractivity contribution is 5.80. The number of amides is 1. The van der Waals surface area contributed by atoms with Crippen LogP contribution in [0.25, 0.3) is 0 Å². The van der Waals surface area contributed by atoms with Crippen molar-refractivity contribution in [3.8, 4) is 11.5 Å². The van der Waals surface area contributed by atoms with E-state index >= 15 is 0 Å². The summed E-state index contributed by atoms with van der Waals surface area (Å²) < 4.78 is 11.5. The molecule has 2 rings (SSSR count). The van der Waals surface area contributed by atoms with Gasteiger partial charge in [-0.25, -0.2) is 0 Å². The van der Waals surface area contributed by atoms with Gasteiger partial charge in [-0.3, -0.25) is 4.79 Å². The topological polar surface area (TPSA) is 47.6 Å². The molecule has 0 fully saturated rings. The highest BCUT2D eigenvalue weighted by Gasteiger charge is 2.16. The second-order valence-corrected chi connectivity index (χ2v) is 6.99. The SMILES string of the molecule is Cc1cc(C)c(C)c(OC(C)C(=O)NCc2ccc(OC(C)C)cc2)c1. The Morgan fingerprint density at radius 3 is 2.27 bits per heavy atom. The Hall–Kier alpha value is -2.49. The third kappa shape index (κ3) is 5.51. The van der Waals surface area contributed by atoms with Crippen LogP contribution in [0.3, 0.4) is 0 Å². The Balaban J connectivity index is 1.91. The molecule has 1 unspecified atom stereocenters. The Morgan fingerprint density at radius 2 is 1.65 bits per heavy atom. The largest absolute Gasteiger partial charge is 0.491 e. The van der Waals surface area contributed by atoms with Crippen LogP contribution in [0.5, 0.6) is 11.5 Å². The second-order valence-electron chi connectivity index (χ2n) is 6.99. The first-order valence-electron chi connectivity index (χ1n) is 9.04. The summed E-state index contributed by atoms with van der Waals surface area (Å²) >= 11 is 0. The van der Waals surface area contributed by atoms with E-state index in [-0.39, 0.29) is 12.0 Å². The molecule has 0 aliphatic rings. The number of nitrogens with one attached hydrogen (secondary N) is 1. The van der Waals surface area contributed by atoms with Crippen molar-refractivity contribution in [3.63, 3.8) is 0 Å². The van der Waals surface area contributed by atoms with Crippen LogP contribution in [0.4, 0.5) is 0 Å². The van der Waals surface area contributed by atoms with Gasteiger partial charge in [0.2, 0.25) is 0 Å². The summed E-state index contributed by atoms with van der Waals surface area (Å²) in [6.07, 6.45) is -0.411. The summed E-state index contributed by atoms with van der Waals surface area (Å²) in [5, 5.41) is 2.92. The first-order chi connectivity index (χ1) is 12.3. The van der Waals surface area contributed by atoms with Crippen molar-refractivity contribution in [2.75, 3.05) is 0 Å². The molecule has 0 radical (unpaired) electrons. The number of rotatable bonds is 7. The molecule has 0 bridgehead atoms. The lowest BCUT2D eigenvalue weighted by Crippen LogP contribution is -2.36. The molecule has 4 heteroatoms. The lowest BCUT2D eigenvalue weighted by atomic mass is 10.1. The minimum Gasteiger partial charge on any atom is -0.491 e. The molecule has 0 saturated heterocycles. The molecule has 0 aliphatic heterocycles. The molecule has 1 amide bonds. The van der Waals surface area contributed by atoms with E-state index in [0.717, 1.165) is 33.8 Å². The van der Waals surface area contributed by atoms with Gasteiger partial charge in [-0.1, -0.05) is 18.2 Å². The van der Waals surface area contributed by atoms with Crippen molar-refractivity contribution in [1.29, 1.82) is 0 Å². The number of hydrogen-bond donors (Lipinski definition) is 1. The molecular weight excluding hydrogens is 326 g/mol. The van der Waals surface area contributed by atoms with E-state index in [1.54, 1.807) is 6.92 Å². The van der Waals surface area contributed by atoms with Gasteiger partial charge in [0.15, 0.2) is 6.10 Å². The fourth-order valence-electron chi connectivity index (χ4n) is 2.66. The summed E-state index contributed by atoms with van der Waals surface area (Å²) in [5.74, 6) is 1.46. The number of benzene rings is 2. The number of carbonyl (C=O) groups excluding carboxylic acids is 1. The van der Waals surface area contributed by atoms with Gasteiger partial charge in [-0.2, -0.15) is 0 Å². The van der Waals surface area contributed by atoms with Crippen molar-refractivity contribution in [2.45, 2.75) is 60.3 Å². The maximum atomic E-state index is 12.4. The lowest BCUT2D eigenvalue weighted by Gasteiger charge is -2.18. The van der Waals surface area contributed by atoms with E-state index < -0.39 is 6.10 Å². The molecule has 0 aliphatic carbocycles. The summed E-state index contributed by atoms with van der Waals surface area (Å²) in [6, 6.07) is 11.8. The molecule has 2 aromatic carbocycles. The molecule has 140 valence electrons. The summed E-state index contributed by atoms with van der Waals surface area (Å²) in [7, 11) is 0. The van der Waals surface area contributed by atoms with Crippen molar-refractivity contribution >= 4 is 5.91 Å². The average molecular weight is 355 g/mol. The predicted octanol–water partition coefficient (Wildman–Crippen LogP) is 4.48. The van der Waals surface area contributed by atoms with Gasteiger partial charge in [0, 0.05) is 6.54 Å². The van der Waals surface area contributed by atoms with Crippen molar-refractivity contribution in [3.05, 3.63) is 58.7 Å². The fraction of sp³-hybridized carbons (Fsp3) is 0.409. The number of hydrogen-bond acceptors (Lipinski definition) is 3. The van der Waals surface area contributed by atoms with Crippen LogP contribution in [-0.2, 0) is 11.3 Å². The van der Waals surface area contributed by atoms with Crippen LogP contribution < -0.4 is 14.8 Å². The second kappa shape index (κ2) is 8.75. The normalized spacial score (nSPS) is 12.0. The van der Waals surface area contributed by atoms with Crippen molar-refractivity contribution in [1.82, 2.24) is 5.32 Å². The molecular formula is C22H29NO3. The molecule has 1 N–H and O–H groups in total. The zero-order valence-corrected chi connectivity index (χ0v) is 16.6. The number of aryl methyl sites for hydroxylation is 2. The van der Waals surface area contributed by atoms with Gasteiger partial charge in [-0.05, 0) is 82.0 Å². The minimum absolute atomic E-state index is 0.133. The Kier molecular flexibility index (Phi) is 6.67. The zero-order valence-electron chi connectivity index (χ0n) is 16.6. The first-order valence-corrected chi connectivity index (χ1v) is 9.04. The smallest absolute Gasteiger partial charge is 0.261 e. The van der Waals surface area contributed by atoms with Crippen molar-refractivity contribution < 1.29 is 14.3 Å². The molecule has 0 spiro atoms. The Bertz CT molecular complexity index is 751. The standard InChI is InChI=1S/C22H29NO3/c1-14(2)25-20-9-7-19(8-10-20)13-23-22(24)18(6)26-21-12-15(3)11-16(4)17(21)5/h7-12,14,18H,13H2,1-6H3,(H,23,24). The molecule has 0 saturated carbocycles. The Morgan fingerprint density at radius 1 is 1.00 bits per heavy atom. The van der Waals surface area contributed by atoms with E-state index in [9.17, 15) is 4.79 Å². The van der Waals surface area contributed by atoms with Crippen molar-refractivity contribution in [2.24, 2.45) is 0 Å². The summed E-state index contributed by atoms with van der Waals surface area (Å²) in [6.45, 7) is 12.3. The highest BCUT2D eigenvalue weighted by atomic mass is 16.5. The molecule has 26 heavy (non-hydrogen) atoms. The third-order valence-corrected chi connectivity index (χ3v) is 4.20. The summed E-state index contributed by atoms with van der Waals surface area (Å²) in [4.78, 5) is 12.4. The lowest BCUT2D eigenvalue weighted by molar-refractivity contribution is -0.127. The average Bonchev–Trinajstić information content (AvgIpc) is 2.57. The monoisotopic (exact) mass is 355 g/mol. The van der Waals surface area contributed by atoms with E-state index in [1.165, 1.54) is 0 Å². The minimum atomic E-state index is -0.557. The first kappa shape index (κ1) is 19.8. The quantitative estimate of drug-likeness (QED) is 0.796. The van der Waals surface area contributed by atoms with Crippen LogP contribution in [0.2, 0.25) is 0 Å². The van der Waals surface area contributed by atoms with Crippen LogP contribution in [0.1, 0.15) is 43.0 Å². The number of ether oxygens (including phenoxy) is 2. The molecule has 1 atom stereocenters. The van der Waals surface area contributed by atoms with Gasteiger partial charge < -0.3 is 14.8 Å². The zero-order chi connectivity index (χ0) is 19.3. The molecule has 0 heterocycles. The van der Waals surface area contributed by atoms with Crippen LogP contribution >= 0.6 is 0 Å². The molecule has 4 nitrogen and oxygen atoms in total. The van der Waals surface area contributed by atoms with E-state index in [0.29, 0.717) is 6.54 Å².